The van der Waals surface area contributed by atoms with Crippen molar-refractivity contribution in [1.82, 2.24) is 0 Å². The lowest BCUT2D eigenvalue weighted by atomic mass is 9.93. The van der Waals surface area contributed by atoms with Crippen molar-refractivity contribution in [2.45, 2.75) is 76.6 Å². The summed E-state index contributed by atoms with van der Waals surface area (Å²) in [6.45, 7) is 2.83. The Morgan fingerprint density at radius 1 is 1.26 bits per heavy atom. The molecule has 4 heteroatoms. The quantitative estimate of drug-likeness (QED) is 0.568. The third kappa shape index (κ3) is 4.77. The monoisotopic (exact) mass is 270 g/mol. The second-order valence-electron chi connectivity index (χ2n) is 5.68. The van der Waals surface area contributed by atoms with Crippen LogP contribution in [-0.2, 0) is 19.0 Å². The van der Waals surface area contributed by atoms with E-state index in [9.17, 15) is 4.79 Å². The number of carbonyl (C=O) groups excluding carboxylic acids is 1. The van der Waals surface area contributed by atoms with Crippen molar-refractivity contribution in [1.29, 1.82) is 0 Å². The molecule has 110 valence electrons. The van der Waals surface area contributed by atoms with E-state index in [1.165, 1.54) is 19.8 Å². The second-order valence-corrected chi connectivity index (χ2v) is 5.68. The minimum atomic E-state index is -0.267. The van der Waals surface area contributed by atoms with Gasteiger partial charge in [-0.3, -0.25) is 4.79 Å². The van der Waals surface area contributed by atoms with Gasteiger partial charge in [-0.25, -0.2) is 0 Å². The third-order valence-electron chi connectivity index (χ3n) is 4.01. The molecule has 2 fully saturated rings. The standard InChI is InChI=1S/C15H26O4/c1-13(16)17-11-4-2-7-14-8-6-10-15(19-14)9-3-5-12-18-15/h14H,2-12H2,1H3. The number of unbranched alkanes of at least 4 members (excludes halogenated alkanes) is 1. The lowest BCUT2D eigenvalue weighted by Gasteiger charge is -2.43. The summed E-state index contributed by atoms with van der Waals surface area (Å²) in [6.07, 6.45) is 10.2. The Labute approximate surface area is 115 Å². The Hall–Kier alpha value is -0.610. The number of esters is 1. The Bertz CT molecular complexity index is 278. The van der Waals surface area contributed by atoms with Crippen LogP contribution in [0.15, 0.2) is 0 Å². The van der Waals surface area contributed by atoms with Gasteiger partial charge in [0.05, 0.1) is 19.3 Å². The highest BCUT2D eigenvalue weighted by molar-refractivity contribution is 5.65. The van der Waals surface area contributed by atoms with Crippen LogP contribution in [0.5, 0.6) is 0 Å². The number of carbonyl (C=O) groups is 1. The van der Waals surface area contributed by atoms with Crippen LogP contribution in [0, 0.1) is 0 Å². The molecule has 2 aliphatic heterocycles. The zero-order chi connectivity index (χ0) is 13.6. The van der Waals surface area contributed by atoms with Gasteiger partial charge in [-0.2, -0.15) is 0 Å². The summed E-state index contributed by atoms with van der Waals surface area (Å²) in [6, 6.07) is 0. The molecule has 0 radical (unpaired) electrons. The lowest BCUT2D eigenvalue weighted by Crippen LogP contribution is -2.45. The second kappa shape index (κ2) is 7.25. The minimum Gasteiger partial charge on any atom is -0.466 e. The largest absolute Gasteiger partial charge is 0.466 e. The van der Waals surface area contributed by atoms with Crippen LogP contribution in [-0.4, -0.2) is 31.1 Å². The smallest absolute Gasteiger partial charge is 0.302 e. The average Bonchev–Trinajstić information content (AvgIpc) is 2.39. The van der Waals surface area contributed by atoms with E-state index in [1.807, 2.05) is 0 Å². The fourth-order valence-electron chi connectivity index (χ4n) is 3.03. The molecule has 1 spiro atoms. The highest BCUT2D eigenvalue weighted by Crippen LogP contribution is 2.38. The van der Waals surface area contributed by atoms with Gasteiger partial charge in [-0.05, 0) is 44.9 Å². The molecule has 0 aromatic carbocycles. The fraction of sp³-hybridized carbons (Fsp3) is 0.933. The molecule has 19 heavy (non-hydrogen) atoms. The van der Waals surface area contributed by atoms with Crippen LogP contribution in [0.3, 0.4) is 0 Å². The summed E-state index contributed by atoms with van der Waals surface area (Å²) in [5.74, 6) is -0.458. The molecule has 2 aliphatic rings. The molecular weight excluding hydrogens is 244 g/mol. The molecule has 0 bridgehead atoms. The van der Waals surface area contributed by atoms with E-state index in [2.05, 4.69) is 0 Å². The van der Waals surface area contributed by atoms with Crippen molar-refractivity contribution in [2.75, 3.05) is 13.2 Å². The van der Waals surface area contributed by atoms with Crippen LogP contribution in [0.2, 0.25) is 0 Å². The zero-order valence-corrected chi connectivity index (χ0v) is 12.0. The predicted octanol–water partition coefficient (Wildman–Crippen LogP) is 3.19. The Morgan fingerprint density at radius 2 is 2.11 bits per heavy atom. The van der Waals surface area contributed by atoms with E-state index in [-0.39, 0.29) is 11.8 Å². The van der Waals surface area contributed by atoms with Gasteiger partial charge in [0.25, 0.3) is 0 Å². The first-order valence-corrected chi connectivity index (χ1v) is 7.65. The Morgan fingerprint density at radius 3 is 2.84 bits per heavy atom. The molecule has 4 nitrogen and oxygen atoms in total. The summed E-state index contributed by atoms with van der Waals surface area (Å²) >= 11 is 0. The van der Waals surface area contributed by atoms with E-state index in [0.717, 1.165) is 51.6 Å². The van der Waals surface area contributed by atoms with Crippen LogP contribution in [0.1, 0.15) is 64.7 Å². The molecule has 2 heterocycles. The van der Waals surface area contributed by atoms with Crippen molar-refractivity contribution >= 4 is 5.97 Å². The highest BCUT2D eigenvalue weighted by atomic mass is 16.7. The number of hydrogen-bond donors (Lipinski definition) is 0. The van der Waals surface area contributed by atoms with Gasteiger partial charge in [-0.15, -0.1) is 0 Å². The summed E-state index contributed by atoms with van der Waals surface area (Å²) < 4.78 is 17.1. The summed E-state index contributed by atoms with van der Waals surface area (Å²) in [4.78, 5) is 10.6. The van der Waals surface area contributed by atoms with Gasteiger partial charge in [0.1, 0.15) is 0 Å². The van der Waals surface area contributed by atoms with E-state index < -0.39 is 0 Å². The number of rotatable bonds is 5. The van der Waals surface area contributed by atoms with Crippen LogP contribution in [0.25, 0.3) is 0 Å². The lowest BCUT2D eigenvalue weighted by molar-refractivity contribution is -0.295. The van der Waals surface area contributed by atoms with Gasteiger partial charge in [-0.1, -0.05) is 0 Å². The van der Waals surface area contributed by atoms with Crippen molar-refractivity contribution in [3.63, 3.8) is 0 Å². The van der Waals surface area contributed by atoms with Gasteiger partial charge in [0.15, 0.2) is 5.79 Å². The van der Waals surface area contributed by atoms with Gasteiger partial charge >= 0.3 is 5.97 Å². The van der Waals surface area contributed by atoms with E-state index in [0.29, 0.717) is 12.7 Å². The molecular formula is C15H26O4. The SMILES string of the molecule is CC(=O)OCCCCC1CCCC2(CCCCO2)O1. The van der Waals surface area contributed by atoms with Crippen molar-refractivity contribution in [2.24, 2.45) is 0 Å². The van der Waals surface area contributed by atoms with Crippen molar-refractivity contribution in [3.05, 3.63) is 0 Å². The van der Waals surface area contributed by atoms with Gasteiger partial charge < -0.3 is 14.2 Å². The van der Waals surface area contributed by atoms with E-state index >= 15 is 0 Å². The number of hydrogen-bond acceptors (Lipinski definition) is 4. The minimum absolute atomic E-state index is 0.191. The molecule has 0 aliphatic carbocycles. The molecule has 0 N–H and O–H groups in total. The van der Waals surface area contributed by atoms with Crippen LogP contribution < -0.4 is 0 Å². The molecule has 2 atom stereocenters. The highest BCUT2D eigenvalue weighted by Gasteiger charge is 2.39. The first-order chi connectivity index (χ1) is 9.20. The summed E-state index contributed by atoms with van der Waals surface area (Å²) in [5, 5.41) is 0. The first kappa shape index (κ1) is 14.8. The van der Waals surface area contributed by atoms with E-state index in [4.69, 9.17) is 14.2 Å². The van der Waals surface area contributed by atoms with E-state index in [1.54, 1.807) is 0 Å². The van der Waals surface area contributed by atoms with Crippen molar-refractivity contribution in [3.8, 4) is 0 Å². The average molecular weight is 270 g/mol. The molecule has 2 rings (SSSR count). The fourth-order valence-corrected chi connectivity index (χ4v) is 3.03. The first-order valence-electron chi connectivity index (χ1n) is 7.65. The third-order valence-corrected chi connectivity index (χ3v) is 4.01. The topological polar surface area (TPSA) is 44.8 Å². The zero-order valence-electron chi connectivity index (χ0n) is 12.0. The molecule has 2 unspecified atom stereocenters. The molecule has 0 saturated carbocycles. The normalized spacial score (nSPS) is 31.3. The maximum absolute atomic E-state index is 10.6. The van der Waals surface area contributed by atoms with Crippen molar-refractivity contribution < 1.29 is 19.0 Å². The van der Waals surface area contributed by atoms with Gasteiger partial charge in [0.2, 0.25) is 0 Å². The molecule has 0 aromatic rings. The predicted molar refractivity (Wildman–Crippen MR) is 71.7 cm³/mol. The Balaban J connectivity index is 1.65. The Kier molecular flexibility index (Phi) is 5.64. The molecule has 2 saturated heterocycles. The van der Waals surface area contributed by atoms with Crippen LogP contribution >= 0.6 is 0 Å². The molecule has 0 aromatic heterocycles. The summed E-state index contributed by atoms with van der Waals surface area (Å²) in [5.41, 5.74) is 0. The maximum atomic E-state index is 10.6. The van der Waals surface area contributed by atoms with Crippen LogP contribution in [0.4, 0.5) is 0 Å². The van der Waals surface area contributed by atoms with Gasteiger partial charge in [0, 0.05) is 19.8 Å². The maximum Gasteiger partial charge on any atom is 0.302 e. The molecule has 0 amide bonds. The number of ether oxygens (including phenoxy) is 3. The summed E-state index contributed by atoms with van der Waals surface area (Å²) in [7, 11) is 0.